The number of quaternary nitrogens is 1. The van der Waals surface area contributed by atoms with Crippen LogP contribution in [-0.4, -0.2) is 50.0 Å². The number of aliphatic hydroxyl groups is 1. The van der Waals surface area contributed by atoms with Crippen LogP contribution in [-0.2, 0) is 4.74 Å². The number of methoxy groups -OCH3 is 1. The van der Waals surface area contributed by atoms with Crippen molar-refractivity contribution in [2.45, 2.75) is 44.8 Å². The highest BCUT2D eigenvalue weighted by Crippen LogP contribution is 2.14. The highest BCUT2D eigenvalue weighted by Gasteiger charge is 2.26. The van der Waals surface area contributed by atoms with Gasteiger partial charge in [-0.1, -0.05) is 13.0 Å². The Morgan fingerprint density at radius 2 is 2.26 bits per heavy atom. The van der Waals surface area contributed by atoms with Gasteiger partial charge in [-0.3, -0.25) is 0 Å². The van der Waals surface area contributed by atoms with E-state index in [1.54, 1.807) is 24.3 Å². The summed E-state index contributed by atoms with van der Waals surface area (Å²) in [4.78, 5) is 13.0. The Bertz CT molecular complexity index is 506. The molecule has 1 unspecified atom stereocenters. The molecule has 1 aliphatic heterocycles. The summed E-state index contributed by atoms with van der Waals surface area (Å²) < 4.78 is 10.3. The fourth-order valence-electron chi connectivity index (χ4n) is 3.30. The van der Waals surface area contributed by atoms with Gasteiger partial charge < -0.3 is 19.5 Å². The molecule has 128 valence electrons. The molecule has 0 radical (unpaired) electrons. The zero-order valence-corrected chi connectivity index (χ0v) is 14.1. The summed E-state index contributed by atoms with van der Waals surface area (Å²) in [6, 6.07) is 7.50. The first-order valence-corrected chi connectivity index (χ1v) is 8.47. The maximum absolute atomic E-state index is 11.5. The number of esters is 1. The average Bonchev–Trinajstić information content (AvgIpc) is 2.60. The molecule has 3 atom stereocenters. The molecule has 1 heterocycles. The second kappa shape index (κ2) is 8.89. The lowest BCUT2D eigenvalue weighted by Gasteiger charge is -2.33. The normalized spacial score (nSPS) is 22.4. The molecule has 23 heavy (non-hydrogen) atoms. The molecule has 1 aromatic rings. The van der Waals surface area contributed by atoms with Gasteiger partial charge >= 0.3 is 5.97 Å². The summed E-state index contributed by atoms with van der Waals surface area (Å²) in [6.45, 7) is 4.31. The number of piperidine rings is 1. The van der Waals surface area contributed by atoms with Gasteiger partial charge in [-0.05, 0) is 43.9 Å². The number of carbonyl (C=O) groups is 1. The van der Waals surface area contributed by atoms with Crippen molar-refractivity contribution in [3.05, 3.63) is 29.8 Å². The number of aliphatic hydroxyl groups excluding tert-OH is 1. The summed E-state index contributed by atoms with van der Waals surface area (Å²) in [5.74, 6) is 0.187. The third-order valence-corrected chi connectivity index (χ3v) is 4.57. The van der Waals surface area contributed by atoms with Crippen LogP contribution in [0.4, 0.5) is 0 Å². The zero-order chi connectivity index (χ0) is 16.7. The second-order valence-corrected chi connectivity index (χ2v) is 6.20. The Morgan fingerprint density at radius 3 is 3.00 bits per heavy atom. The lowest BCUT2D eigenvalue weighted by molar-refractivity contribution is -0.933. The maximum atomic E-state index is 11.5. The van der Waals surface area contributed by atoms with Gasteiger partial charge in [-0.15, -0.1) is 0 Å². The van der Waals surface area contributed by atoms with Crippen molar-refractivity contribution < 1.29 is 24.3 Å². The predicted molar refractivity (Wildman–Crippen MR) is 87.9 cm³/mol. The van der Waals surface area contributed by atoms with Gasteiger partial charge in [-0.2, -0.15) is 0 Å². The summed E-state index contributed by atoms with van der Waals surface area (Å²) in [5.41, 5.74) is 0.451. The van der Waals surface area contributed by atoms with E-state index in [1.807, 2.05) is 0 Å². The second-order valence-electron chi connectivity index (χ2n) is 6.20. The van der Waals surface area contributed by atoms with Crippen LogP contribution in [0.2, 0.25) is 0 Å². The molecule has 1 aliphatic rings. The highest BCUT2D eigenvalue weighted by molar-refractivity contribution is 5.89. The first kappa shape index (κ1) is 17.8. The molecule has 2 N–H and O–H groups in total. The number of likely N-dealkylation sites (tertiary alicyclic amines) is 1. The smallest absolute Gasteiger partial charge is 0.337 e. The van der Waals surface area contributed by atoms with Crippen LogP contribution in [0, 0.1) is 0 Å². The highest BCUT2D eigenvalue weighted by atomic mass is 16.5. The van der Waals surface area contributed by atoms with E-state index in [4.69, 9.17) is 9.47 Å². The quantitative estimate of drug-likeness (QED) is 0.737. The molecule has 0 spiro atoms. The topological polar surface area (TPSA) is 60.2 Å². The largest absolute Gasteiger partial charge is 0.491 e. The Kier molecular flexibility index (Phi) is 6.86. The fourth-order valence-corrected chi connectivity index (χ4v) is 3.30. The van der Waals surface area contributed by atoms with Gasteiger partial charge in [-0.25, -0.2) is 4.79 Å². The molecular formula is C18H28NO4+. The van der Waals surface area contributed by atoms with Gasteiger partial charge in [0, 0.05) is 0 Å². The molecule has 5 heteroatoms. The third-order valence-electron chi connectivity index (χ3n) is 4.57. The fraction of sp³-hybridized carbons (Fsp3) is 0.611. The van der Waals surface area contributed by atoms with E-state index in [1.165, 1.54) is 31.3 Å². The molecule has 0 bridgehead atoms. The van der Waals surface area contributed by atoms with E-state index in [0.717, 1.165) is 19.5 Å². The molecular weight excluding hydrogens is 294 g/mol. The van der Waals surface area contributed by atoms with E-state index in [2.05, 4.69) is 6.92 Å². The van der Waals surface area contributed by atoms with E-state index < -0.39 is 6.10 Å². The van der Waals surface area contributed by atoms with Crippen molar-refractivity contribution in [2.75, 3.05) is 26.8 Å². The molecule has 0 aliphatic carbocycles. The zero-order valence-electron chi connectivity index (χ0n) is 14.1. The van der Waals surface area contributed by atoms with Gasteiger partial charge in [0.1, 0.15) is 25.0 Å². The average molecular weight is 322 g/mol. The lowest BCUT2D eigenvalue weighted by Crippen LogP contribution is -3.17. The number of hydrogen-bond acceptors (Lipinski definition) is 4. The van der Waals surface area contributed by atoms with E-state index in [9.17, 15) is 9.90 Å². The first-order chi connectivity index (χ1) is 11.1. The molecule has 1 fully saturated rings. The van der Waals surface area contributed by atoms with Gasteiger partial charge in [0.25, 0.3) is 0 Å². The predicted octanol–water partition coefficient (Wildman–Crippen LogP) is 1.06. The van der Waals surface area contributed by atoms with Crippen LogP contribution in [0.1, 0.15) is 43.0 Å². The summed E-state index contributed by atoms with van der Waals surface area (Å²) >= 11 is 0. The van der Waals surface area contributed by atoms with Crippen LogP contribution in [0.5, 0.6) is 5.75 Å². The number of ether oxygens (including phenoxy) is 2. The van der Waals surface area contributed by atoms with Crippen molar-refractivity contribution in [3.63, 3.8) is 0 Å². The number of carbonyl (C=O) groups excluding carboxylic acids is 1. The standard InChI is InChI=1S/C18H27NO4/c1-3-15-8-4-5-10-19(15)12-16(20)13-23-17-9-6-7-14(11-17)18(21)22-2/h6-7,9,11,15-16,20H,3-5,8,10,12-13H2,1-2H3/p+1/t15-,16-/m0/s1. The Balaban J connectivity index is 1.84. The number of hydrogen-bond donors (Lipinski definition) is 2. The Labute approximate surface area is 138 Å². The van der Waals surface area contributed by atoms with Crippen molar-refractivity contribution in [3.8, 4) is 5.75 Å². The summed E-state index contributed by atoms with van der Waals surface area (Å²) in [7, 11) is 1.35. The minimum atomic E-state index is -0.501. The Morgan fingerprint density at radius 1 is 1.43 bits per heavy atom. The van der Waals surface area contributed by atoms with Crippen LogP contribution < -0.4 is 9.64 Å². The molecule has 0 amide bonds. The van der Waals surface area contributed by atoms with E-state index in [0.29, 0.717) is 17.4 Å². The van der Waals surface area contributed by atoms with Crippen LogP contribution >= 0.6 is 0 Å². The molecule has 5 nitrogen and oxygen atoms in total. The number of rotatable bonds is 7. The minimum Gasteiger partial charge on any atom is -0.491 e. The van der Waals surface area contributed by atoms with Gasteiger partial charge in [0.05, 0.1) is 25.3 Å². The van der Waals surface area contributed by atoms with Crippen LogP contribution in [0.15, 0.2) is 24.3 Å². The monoisotopic (exact) mass is 322 g/mol. The number of nitrogens with one attached hydrogen (secondary N) is 1. The van der Waals surface area contributed by atoms with Crippen LogP contribution in [0.25, 0.3) is 0 Å². The van der Waals surface area contributed by atoms with Crippen LogP contribution in [0.3, 0.4) is 0 Å². The van der Waals surface area contributed by atoms with Crippen molar-refractivity contribution >= 4 is 5.97 Å². The van der Waals surface area contributed by atoms with Gasteiger partial charge in [0.2, 0.25) is 0 Å². The molecule has 1 aromatic carbocycles. The SMILES string of the molecule is CC[C@H]1CCCC[NH+]1C[C@H](O)COc1cccc(C(=O)OC)c1. The van der Waals surface area contributed by atoms with Gasteiger partial charge in [0.15, 0.2) is 0 Å². The molecule has 0 aromatic heterocycles. The molecule has 1 saturated heterocycles. The molecule has 0 saturated carbocycles. The first-order valence-electron chi connectivity index (χ1n) is 8.47. The number of benzene rings is 1. The van der Waals surface area contributed by atoms with E-state index >= 15 is 0 Å². The summed E-state index contributed by atoms with van der Waals surface area (Å²) in [6.07, 6.45) is 4.44. The maximum Gasteiger partial charge on any atom is 0.337 e. The Hall–Kier alpha value is -1.59. The summed E-state index contributed by atoms with van der Waals surface area (Å²) in [5, 5.41) is 10.3. The van der Waals surface area contributed by atoms with Crippen molar-refractivity contribution in [2.24, 2.45) is 0 Å². The lowest BCUT2D eigenvalue weighted by atomic mass is 10.00. The van der Waals surface area contributed by atoms with Crippen molar-refractivity contribution in [1.82, 2.24) is 0 Å². The van der Waals surface area contributed by atoms with Crippen molar-refractivity contribution in [1.29, 1.82) is 0 Å². The minimum absolute atomic E-state index is 0.241. The van der Waals surface area contributed by atoms with E-state index in [-0.39, 0.29) is 12.6 Å². The molecule has 2 rings (SSSR count). The third kappa shape index (κ3) is 5.22.